The number of hydrogen-bond acceptors (Lipinski definition) is 4. The minimum atomic E-state index is -4.49. The fourth-order valence-electron chi connectivity index (χ4n) is 2.54. The van der Waals surface area contributed by atoms with Gasteiger partial charge in [-0.05, 0) is 26.2 Å². The summed E-state index contributed by atoms with van der Waals surface area (Å²) in [6.07, 6.45) is -2.62. The number of fused-ring (bicyclic) bond motifs is 1. The van der Waals surface area contributed by atoms with Crippen LogP contribution in [-0.2, 0) is 12.6 Å². The van der Waals surface area contributed by atoms with Crippen LogP contribution >= 0.6 is 11.3 Å². The maximum atomic E-state index is 13.1. The molecule has 1 atom stereocenters. The van der Waals surface area contributed by atoms with E-state index in [1.165, 1.54) is 16.0 Å². The van der Waals surface area contributed by atoms with Gasteiger partial charge in [0.2, 0.25) is 5.13 Å². The van der Waals surface area contributed by atoms with Crippen molar-refractivity contribution in [2.45, 2.75) is 38.4 Å². The molecule has 3 rings (SSSR count). The molecule has 2 aromatic rings. The molecule has 2 N–H and O–H groups in total. The van der Waals surface area contributed by atoms with E-state index in [1.807, 2.05) is 0 Å². The molecule has 2 aromatic heterocycles. The van der Waals surface area contributed by atoms with Gasteiger partial charge in [0.15, 0.2) is 5.69 Å². The van der Waals surface area contributed by atoms with Crippen LogP contribution in [0.2, 0.25) is 0 Å². The van der Waals surface area contributed by atoms with Crippen molar-refractivity contribution in [3.63, 3.8) is 0 Å². The lowest BCUT2D eigenvalue weighted by Gasteiger charge is -2.20. The fraction of sp³-hybridized carbons (Fsp3) is 0.500. The minimum absolute atomic E-state index is 0.136. The number of nitrogens with two attached hydrogens (primary N) is 1. The summed E-state index contributed by atoms with van der Waals surface area (Å²) in [7, 11) is 0. The van der Waals surface area contributed by atoms with Gasteiger partial charge >= 0.3 is 6.18 Å². The zero-order valence-corrected chi connectivity index (χ0v) is 11.6. The minimum Gasteiger partial charge on any atom is -0.324 e. The number of thiazole rings is 1. The molecule has 1 unspecified atom stereocenters. The first-order valence-corrected chi connectivity index (χ1v) is 7.13. The molecule has 0 radical (unpaired) electrons. The Balaban J connectivity index is 2.22. The number of hydrogen-bond donors (Lipinski definition) is 1. The van der Waals surface area contributed by atoms with Gasteiger partial charge in [-0.15, -0.1) is 11.3 Å². The summed E-state index contributed by atoms with van der Waals surface area (Å²) < 4.78 is 40.7. The molecule has 0 fully saturated rings. The molecule has 0 bridgehead atoms. The van der Waals surface area contributed by atoms with Gasteiger partial charge < -0.3 is 5.73 Å². The predicted octanol–water partition coefficient (Wildman–Crippen LogP) is 2.99. The topological polar surface area (TPSA) is 56.7 Å². The van der Waals surface area contributed by atoms with E-state index in [4.69, 9.17) is 5.73 Å². The zero-order valence-electron chi connectivity index (χ0n) is 10.7. The van der Waals surface area contributed by atoms with Gasteiger partial charge in [-0.25, -0.2) is 9.67 Å². The lowest BCUT2D eigenvalue weighted by molar-refractivity contribution is -0.142. The van der Waals surface area contributed by atoms with Gasteiger partial charge in [-0.2, -0.15) is 18.3 Å². The molecule has 0 spiro atoms. The van der Waals surface area contributed by atoms with Gasteiger partial charge in [0.05, 0.1) is 11.4 Å². The Morgan fingerprint density at radius 3 is 2.80 bits per heavy atom. The average Bonchev–Trinajstić information content (AvgIpc) is 2.92. The SMILES string of the molecule is Cc1csc(-n2nc(C(F)(F)F)c3c2CCCC3N)n1. The molecule has 20 heavy (non-hydrogen) atoms. The number of rotatable bonds is 1. The third-order valence-corrected chi connectivity index (χ3v) is 4.31. The van der Waals surface area contributed by atoms with E-state index in [2.05, 4.69) is 10.1 Å². The van der Waals surface area contributed by atoms with E-state index in [0.717, 1.165) is 12.1 Å². The summed E-state index contributed by atoms with van der Waals surface area (Å²) in [5, 5.41) is 6.01. The number of halogens is 3. The summed E-state index contributed by atoms with van der Waals surface area (Å²) >= 11 is 1.28. The standard InChI is InChI=1S/C12H13F3N4S/c1-6-5-20-11(17-6)19-8-4-2-3-7(16)9(8)10(18-19)12(13,14)15/h5,7H,2-4,16H2,1H3. The summed E-state index contributed by atoms with van der Waals surface area (Å²) in [6.45, 7) is 1.80. The lowest BCUT2D eigenvalue weighted by atomic mass is 9.91. The average molecular weight is 302 g/mol. The van der Waals surface area contributed by atoms with Crippen LogP contribution in [0, 0.1) is 6.92 Å². The van der Waals surface area contributed by atoms with Crippen LogP contribution in [0.1, 0.15) is 41.5 Å². The Labute approximate surface area is 117 Å². The van der Waals surface area contributed by atoms with Crippen molar-refractivity contribution in [1.29, 1.82) is 0 Å². The Morgan fingerprint density at radius 2 is 2.20 bits per heavy atom. The van der Waals surface area contributed by atoms with E-state index >= 15 is 0 Å². The molecular weight excluding hydrogens is 289 g/mol. The van der Waals surface area contributed by atoms with Crippen molar-refractivity contribution >= 4 is 11.3 Å². The Morgan fingerprint density at radius 1 is 1.45 bits per heavy atom. The molecule has 8 heteroatoms. The molecule has 0 amide bonds. The van der Waals surface area contributed by atoms with Crippen LogP contribution in [0.15, 0.2) is 5.38 Å². The molecule has 0 aromatic carbocycles. The second-order valence-corrected chi connectivity index (χ2v) is 5.73. The molecule has 0 saturated carbocycles. The van der Waals surface area contributed by atoms with Crippen LogP contribution in [0.3, 0.4) is 0 Å². The number of aryl methyl sites for hydroxylation is 1. The highest BCUT2D eigenvalue weighted by atomic mass is 32.1. The maximum Gasteiger partial charge on any atom is 0.435 e. The van der Waals surface area contributed by atoms with E-state index in [1.54, 1.807) is 12.3 Å². The van der Waals surface area contributed by atoms with E-state index < -0.39 is 17.9 Å². The number of aromatic nitrogens is 3. The second kappa shape index (κ2) is 4.56. The van der Waals surface area contributed by atoms with Crippen LogP contribution in [0.4, 0.5) is 13.2 Å². The summed E-state index contributed by atoms with van der Waals surface area (Å²) in [5.41, 5.74) is 6.45. The monoisotopic (exact) mass is 302 g/mol. The smallest absolute Gasteiger partial charge is 0.324 e. The Bertz CT molecular complexity index is 644. The van der Waals surface area contributed by atoms with E-state index in [0.29, 0.717) is 23.7 Å². The van der Waals surface area contributed by atoms with Gasteiger partial charge in [-0.1, -0.05) is 0 Å². The first-order valence-electron chi connectivity index (χ1n) is 6.25. The van der Waals surface area contributed by atoms with Gasteiger partial charge in [0.25, 0.3) is 0 Å². The van der Waals surface area contributed by atoms with Crippen LogP contribution in [0.5, 0.6) is 0 Å². The Hall–Kier alpha value is -1.41. The van der Waals surface area contributed by atoms with Crippen molar-refractivity contribution in [3.05, 3.63) is 28.0 Å². The van der Waals surface area contributed by atoms with Gasteiger partial charge in [0, 0.05) is 17.0 Å². The lowest BCUT2D eigenvalue weighted by Crippen LogP contribution is -2.21. The van der Waals surface area contributed by atoms with Gasteiger partial charge in [-0.3, -0.25) is 0 Å². The Kier molecular flexibility index (Phi) is 3.09. The third-order valence-electron chi connectivity index (χ3n) is 3.38. The number of alkyl halides is 3. The van der Waals surface area contributed by atoms with Crippen LogP contribution in [0.25, 0.3) is 5.13 Å². The molecule has 0 aliphatic heterocycles. The fourth-order valence-corrected chi connectivity index (χ4v) is 3.31. The predicted molar refractivity (Wildman–Crippen MR) is 68.8 cm³/mol. The van der Waals surface area contributed by atoms with Crippen LogP contribution < -0.4 is 5.73 Å². The molecule has 108 valence electrons. The van der Waals surface area contributed by atoms with Crippen molar-refractivity contribution < 1.29 is 13.2 Å². The highest BCUT2D eigenvalue weighted by Crippen LogP contribution is 2.40. The van der Waals surface area contributed by atoms with Crippen LogP contribution in [-0.4, -0.2) is 14.8 Å². The highest BCUT2D eigenvalue weighted by molar-refractivity contribution is 7.12. The second-order valence-electron chi connectivity index (χ2n) is 4.89. The quantitative estimate of drug-likeness (QED) is 0.881. The van der Waals surface area contributed by atoms with E-state index in [-0.39, 0.29) is 5.56 Å². The zero-order chi connectivity index (χ0) is 14.5. The van der Waals surface area contributed by atoms with Gasteiger partial charge in [0.1, 0.15) is 0 Å². The molecular formula is C12H13F3N4S. The van der Waals surface area contributed by atoms with E-state index in [9.17, 15) is 13.2 Å². The molecule has 4 nitrogen and oxygen atoms in total. The third kappa shape index (κ3) is 2.12. The molecule has 0 saturated heterocycles. The first-order chi connectivity index (χ1) is 9.38. The number of nitrogens with zero attached hydrogens (tertiary/aromatic N) is 3. The first kappa shape index (κ1) is 13.6. The summed E-state index contributed by atoms with van der Waals surface area (Å²) in [6, 6.07) is -0.606. The maximum absolute atomic E-state index is 13.1. The van der Waals surface area contributed by atoms with Crippen molar-refractivity contribution in [1.82, 2.24) is 14.8 Å². The molecule has 1 aliphatic carbocycles. The van der Waals surface area contributed by atoms with Crippen molar-refractivity contribution in [2.24, 2.45) is 5.73 Å². The molecule has 1 aliphatic rings. The summed E-state index contributed by atoms with van der Waals surface area (Å²) in [5.74, 6) is 0. The summed E-state index contributed by atoms with van der Waals surface area (Å²) in [4.78, 5) is 4.22. The normalized spacial score (nSPS) is 19.1. The molecule has 2 heterocycles. The van der Waals surface area contributed by atoms with Crippen molar-refractivity contribution in [2.75, 3.05) is 0 Å². The highest BCUT2D eigenvalue weighted by Gasteiger charge is 2.42. The largest absolute Gasteiger partial charge is 0.435 e. The van der Waals surface area contributed by atoms with Crippen molar-refractivity contribution in [3.8, 4) is 5.13 Å².